The fraction of sp³-hybridized carbons (Fsp3) is 0.292. The van der Waals surface area contributed by atoms with Crippen molar-refractivity contribution in [1.82, 2.24) is 4.57 Å². The third-order valence-corrected chi connectivity index (χ3v) is 14.0. The summed E-state index contributed by atoms with van der Waals surface area (Å²) in [5, 5.41) is 8.08. The highest BCUT2D eigenvalue weighted by Crippen LogP contribution is 2.50. The first kappa shape index (κ1) is 48.6. The van der Waals surface area contributed by atoms with Crippen LogP contribution in [0.5, 0.6) is 0 Å². The molecule has 0 fully saturated rings. The molecular weight excluding hydrogens is 809 g/mol. The smallest absolute Gasteiger partial charge is 0.0515 e. The molecule has 0 saturated carbocycles. The normalized spacial score (nSPS) is 16.2. The van der Waals surface area contributed by atoms with E-state index in [9.17, 15) is 0 Å². The first-order valence-electron chi connectivity index (χ1n) is 25.3. The van der Waals surface area contributed by atoms with Crippen LogP contribution in [0.15, 0.2) is 157 Å². The van der Waals surface area contributed by atoms with Gasteiger partial charge in [-0.2, -0.15) is 0 Å². The number of hydrogen-bond donors (Lipinski definition) is 1. The highest BCUT2D eigenvalue weighted by Gasteiger charge is 2.37. The average molecular weight is 883 g/mol. The van der Waals surface area contributed by atoms with Crippen LogP contribution < -0.4 is 15.9 Å². The van der Waals surface area contributed by atoms with Crippen LogP contribution in [0.25, 0.3) is 51.4 Å². The van der Waals surface area contributed by atoms with Gasteiger partial charge < -0.3 is 9.88 Å². The summed E-state index contributed by atoms with van der Waals surface area (Å²) in [6.07, 6.45) is 31.4. The van der Waals surface area contributed by atoms with Gasteiger partial charge in [-0.3, -0.25) is 0 Å². The molecule has 344 valence electrons. The Morgan fingerprint density at radius 2 is 1.22 bits per heavy atom. The Labute approximate surface area is 403 Å². The first-order chi connectivity index (χ1) is 32.7. The highest BCUT2D eigenvalue weighted by atomic mass is 14.9. The molecule has 0 atom stereocenters. The van der Waals surface area contributed by atoms with E-state index in [2.05, 4.69) is 209 Å². The number of rotatable bonds is 3. The molecule has 1 N–H and O–H groups in total. The second kappa shape index (κ2) is 21.5. The van der Waals surface area contributed by atoms with E-state index in [1.807, 2.05) is 47.6 Å². The molecule has 0 unspecified atom stereocenters. The Balaban J connectivity index is 0.000000167. The van der Waals surface area contributed by atoms with Gasteiger partial charge in [-0.15, -0.1) is 0 Å². The summed E-state index contributed by atoms with van der Waals surface area (Å²) in [6.45, 7) is 21.4. The zero-order valence-corrected chi connectivity index (χ0v) is 42.4. The summed E-state index contributed by atoms with van der Waals surface area (Å²) in [6, 6.07) is 37.5. The van der Waals surface area contributed by atoms with Crippen LogP contribution in [0.4, 0.5) is 11.4 Å². The maximum absolute atomic E-state index is 3.86. The van der Waals surface area contributed by atoms with Crippen LogP contribution in [0.1, 0.15) is 140 Å². The van der Waals surface area contributed by atoms with Gasteiger partial charge in [-0.1, -0.05) is 221 Å². The largest absolute Gasteiger partial charge is 0.355 e. The minimum absolute atomic E-state index is 0.0125. The molecule has 0 bridgehead atoms. The summed E-state index contributed by atoms with van der Waals surface area (Å²) < 4.78 is 2.39. The Bertz CT molecular complexity index is 3040. The number of nitrogens with zero attached hydrogens (tertiary/aromatic N) is 1. The summed E-state index contributed by atoms with van der Waals surface area (Å²) >= 11 is 0. The third-order valence-electron chi connectivity index (χ3n) is 14.0. The van der Waals surface area contributed by atoms with Gasteiger partial charge in [0.1, 0.15) is 0 Å². The predicted molar refractivity (Wildman–Crippen MR) is 296 cm³/mol. The van der Waals surface area contributed by atoms with E-state index in [1.165, 1.54) is 94.1 Å². The molecule has 0 saturated heterocycles. The van der Waals surface area contributed by atoms with Crippen molar-refractivity contribution >= 4 is 51.7 Å². The number of fused-ring (bicyclic) bond motifs is 10. The van der Waals surface area contributed by atoms with Crippen molar-refractivity contribution in [3.8, 4) is 11.1 Å². The molecule has 0 aliphatic heterocycles. The van der Waals surface area contributed by atoms with Crippen molar-refractivity contribution in [2.75, 3.05) is 5.32 Å². The van der Waals surface area contributed by atoms with E-state index in [1.54, 1.807) is 5.57 Å². The molecule has 2 nitrogen and oxygen atoms in total. The lowest BCUT2D eigenvalue weighted by Crippen LogP contribution is -2.29. The summed E-state index contributed by atoms with van der Waals surface area (Å²) in [7, 11) is 2.22. The minimum Gasteiger partial charge on any atom is -0.355 e. The number of aryl methyl sites for hydroxylation is 1. The maximum Gasteiger partial charge on any atom is 0.0515 e. The quantitative estimate of drug-likeness (QED) is 0.187. The van der Waals surface area contributed by atoms with Gasteiger partial charge in [-0.05, 0) is 124 Å². The van der Waals surface area contributed by atoms with E-state index in [0.717, 1.165) is 38.5 Å². The van der Waals surface area contributed by atoms with Gasteiger partial charge in [0.05, 0.1) is 5.52 Å². The van der Waals surface area contributed by atoms with Crippen molar-refractivity contribution in [2.45, 2.75) is 119 Å². The second-order valence-electron chi connectivity index (χ2n) is 18.3. The number of nitrogens with one attached hydrogen (secondary N) is 1. The van der Waals surface area contributed by atoms with E-state index in [0.29, 0.717) is 0 Å². The van der Waals surface area contributed by atoms with Crippen LogP contribution in [0, 0.1) is 0 Å². The SMILES string of the molecule is C1=CCC(c2ccccc2)=C1.CC.CC.CC.CC1(C)C2=C(C=CC=CC2)c2ccccc21.Cn1c2c(c3c4c(c(Nc5ccc6c(c5)C(C)(C)c5ccccc5-6)cc31)CCC=C4)=CCCC=2. The number of hydrogen-bond acceptors (Lipinski definition) is 1. The van der Waals surface area contributed by atoms with Crippen molar-refractivity contribution in [3.05, 3.63) is 207 Å². The molecule has 5 aromatic carbocycles. The molecule has 6 aromatic rings. The van der Waals surface area contributed by atoms with Crippen LogP contribution >= 0.6 is 0 Å². The summed E-state index contributed by atoms with van der Waals surface area (Å²) in [4.78, 5) is 0. The molecule has 67 heavy (non-hydrogen) atoms. The van der Waals surface area contributed by atoms with Crippen molar-refractivity contribution in [2.24, 2.45) is 7.05 Å². The second-order valence-corrected chi connectivity index (χ2v) is 18.3. The van der Waals surface area contributed by atoms with Gasteiger partial charge in [0.2, 0.25) is 0 Å². The number of allylic oxidation sites excluding steroid dienone is 11. The molecular formula is C65H74N2. The monoisotopic (exact) mass is 883 g/mol. The topological polar surface area (TPSA) is 17.0 Å². The van der Waals surface area contributed by atoms with Gasteiger partial charge in [0.15, 0.2) is 0 Å². The van der Waals surface area contributed by atoms with Crippen molar-refractivity contribution in [1.29, 1.82) is 0 Å². The molecule has 2 heteroatoms. The Morgan fingerprint density at radius 3 is 1.96 bits per heavy atom. The Hall–Kier alpha value is -6.38. The van der Waals surface area contributed by atoms with Crippen LogP contribution in [-0.2, 0) is 24.3 Å². The van der Waals surface area contributed by atoms with Crippen LogP contribution in [0.2, 0.25) is 0 Å². The zero-order chi connectivity index (χ0) is 47.7. The van der Waals surface area contributed by atoms with Gasteiger partial charge in [0, 0.05) is 45.2 Å². The van der Waals surface area contributed by atoms with E-state index in [-0.39, 0.29) is 10.8 Å². The molecule has 0 amide bonds. The molecule has 6 aliphatic carbocycles. The van der Waals surface area contributed by atoms with Crippen molar-refractivity contribution in [3.63, 3.8) is 0 Å². The molecule has 1 aromatic heterocycles. The Kier molecular flexibility index (Phi) is 15.6. The lowest BCUT2D eigenvalue weighted by molar-refractivity contribution is 0.626. The van der Waals surface area contributed by atoms with Crippen LogP contribution in [-0.4, -0.2) is 4.57 Å². The lowest BCUT2D eigenvalue weighted by Gasteiger charge is -2.24. The Morgan fingerprint density at radius 1 is 0.567 bits per heavy atom. The van der Waals surface area contributed by atoms with Gasteiger partial charge >= 0.3 is 0 Å². The van der Waals surface area contributed by atoms with E-state index < -0.39 is 0 Å². The number of anilines is 2. The summed E-state index contributed by atoms with van der Waals surface area (Å²) in [5.41, 5.74) is 21.0. The fourth-order valence-corrected chi connectivity index (χ4v) is 10.8. The standard InChI is InChI=1S/C32H30N2.C16H16.C11H10.3C2H6/c1-32(2)26-14-8-6-10-21(26)22-17-16-20(18-27(22)32)33-28-19-30-31(24-12-5-4-11-23(24)28)25-13-7-9-15-29(25)34(30)3;1-16(2)14-10-5-3-4-8-12(14)13-9-6-7-11-15(13)16;1-2-6-10(7-3-1)11-8-4-5-9-11;3*1-2/h5-6,8,10,12-19,33H,4,7,9,11H2,1-3H3;3-9,11H,10H2,1-2H3;1-8H,9H2;3*1-2H3. The van der Waals surface area contributed by atoms with E-state index >= 15 is 0 Å². The first-order valence-corrected chi connectivity index (χ1v) is 25.3. The predicted octanol–water partition coefficient (Wildman–Crippen LogP) is 16.9. The van der Waals surface area contributed by atoms with Gasteiger partial charge in [0.25, 0.3) is 0 Å². The molecule has 6 aliphatic rings. The van der Waals surface area contributed by atoms with E-state index in [4.69, 9.17) is 0 Å². The summed E-state index contributed by atoms with van der Waals surface area (Å²) in [5.74, 6) is 0. The number of aromatic nitrogens is 1. The average Bonchev–Trinajstić information content (AvgIpc) is 4.07. The van der Waals surface area contributed by atoms with Gasteiger partial charge in [-0.25, -0.2) is 0 Å². The molecule has 12 rings (SSSR count). The maximum atomic E-state index is 3.86. The van der Waals surface area contributed by atoms with Crippen LogP contribution in [0.3, 0.4) is 0 Å². The number of benzene rings is 5. The highest BCUT2D eigenvalue weighted by molar-refractivity contribution is 5.97. The lowest BCUT2D eigenvalue weighted by atomic mass is 9.80. The molecule has 0 spiro atoms. The van der Waals surface area contributed by atoms with Crippen molar-refractivity contribution < 1.29 is 0 Å². The third kappa shape index (κ3) is 9.33. The minimum atomic E-state index is 0.0125. The zero-order valence-electron chi connectivity index (χ0n) is 42.4. The molecule has 1 heterocycles. The molecule has 0 radical (unpaired) electrons. The fourth-order valence-electron chi connectivity index (χ4n) is 10.8.